The SMILES string of the molecule is Nc1ccc(-c2ccccn2)c(Cl)c1.O=[N+]([O-])c1ccc(-c2ccccn2)c(Cl)c1. The zero-order chi connectivity index (χ0) is 21.5. The van der Waals surface area contributed by atoms with Crippen LogP contribution < -0.4 is 5.73 Å². The van der Waals surface area contributed by atoms with E-state index in [0.717, 1.165) is 11.3 Å². The fourth-order valence-corrected chi connectivity index (χ4v) is 3.17. The summed E-state index contributed by atoms with van der Waals surface area (Å²) in [5, 5.41) is 11.5. The Bertz CT molecular complexity index is 1160. The topological polar surface area (TPSA) is 94.9 Å². The molecule has 6 nitrogen and oxygen atoms in total. The number of aromatic nitrogens is 2. The van der Waals surface area contributed by atoms with Gasteiger partial charge in [0.05, 0.1) is 26.4 Å². The van der Waals surface area contributed by atoms with Gasteiger partial charge in [-0.1, -0.05) is 35.3 Å². The molecule has 0 aliphatic heterocycles. The van der Waals surface area contributed by atoms with Gasteiger partial charge in [-0.05, 0) is 48.5 Å². The molecule has 0 aliphatic rings. The second-order valence-electron chi connectivity index (χ2n) is 6.09. The van der Waals surface area contributed by atoms with Crippen molar-refractivity contribution in [1.82, 2.24) is 9.97 Å². The summed E-state index contributed by atoms with van der Waals surface area (Å²) in [4.78, 5) is 18.4. The highest BCUT2D eigenvalue weighted by molar-refractivity contribution is 6.33. The van der Waals surface area contributed by atoms with Crippen molar-refractivity contribution in [3.8, 4) is 22.5 Å². The van der Waals surface area contributed by atoms with E-state index >= 15 is 0 Å². The molecule has 0 amide bonds. The third kappa shape index (κ3) is 5.31. The number of nitro groups is 1. The van der Waals surface area contributed by atoms with E-state index in [4.69, 9.17) is 28.9 Å². The first kappa shape index (κ1) is 21.2. The summed E-state index contributed by atoms with van der Waals surface area (Å²) in [5.74, 6) is 0. The minimum absolute atomic E-state index is 0.0234. The molecule has 0 spiro atoms. The molecule has 0 aliphatic carbocycles. The summed E-state index contributed by atoms with van der Waals surface area (Å²) in [5.41, 5.74) is 9.39. The van der Waals surface area contributed by atoms with Gasteiger partial charge >= 0.3 is 0 Å². The highest BCUT2D eigenvalue weighted by atomic mass is 35.5. The maximum Gasteiger partial charge on any atom is 0.270 e. The number of hydrogen-bond acceptors (Lipinski definition) is 5. The third-order valence-electron chi connectivity index (χ3n) is 4.04. The van der Waals surface area contributed by atoms with Gasteiger partial charge in [-0.3, -0.25) is 20.1 Å². The summed E-state index contributed by atoms with van der Waals surface area (Å²) in [6.45, 7) is 0. The Hall–Kier alpha value is -3.48. The molecule has 0 atom stereocenters. The van der Waals surface area contributed by atoms with Crippen molar-refractivity contribution in [2.75, 3.05) is 5.73 Å². The number of anilines is 1. The van der Waals surface area contributed by atoms with E-state index in [9.17, 15) is 10.1 Å². The number of nitrogen functional groups attached to an aromatic ring is 1. The van der Waals surface area contributed by atoms with E-state index in [1.807, 2.05) is 36.4 Å². The smallest absolute Gasteiger partial charge is 0.270 e. The molecule has 0 radical (unpaired) electrons. The average Bonchev–Trinajstić information content (AvgIpc) is 2.75. The molecule has 4 aromatic rings. The van der Waals surface area contributed by atoms with Crippen LogP contribution in [0.5, 0.6) is 0 Å². The van der Waals surface area contributed by atoms with Crippen LogP contribution in [-0.4, -0.2) is 14.9 Å². The Balaban J connectivity index is 0.000000172. The van der Waals surface area contributed by atoms with Crippen molar-refractivity contribution in [3.05, 3.63) is 105 Å². The molecule has 0 fully saturated rings. The lowest BCUT2D eigenvalue weighted by molar-refractivity contribution is -0.384. The van der Waals surface area contributed by atoms with E-state index in [1.165, 1.54) is 12.1 Å². The van der Waals surface area contributed by atoms with Crippen molar-refractivity contribution in [2.45, 2.75) is 0 Å². The van der Waals surface area contributed by atoms with Gasteiger partial charge < -0.3 is 5.73 Å². The van der Waals surface area contributed by atoms with Crippen molar-refractivity contribution < 1.29 is 4.92 Å². The van der Waals surface area contributed by atoms with Gasteiger partial charge in [0.2, 0.25) is 0 Å². The normalized spacial score (nSPS) is 10.1. The van der Waals surface area contributed by atoms with Crippen molar-refractivity contribution in [2.24, 2.45) is 0 Å². The lowest BCUT2D eigenvalue weighted by Gasteiger charge is -2.03. The van der Waals surface area contributed by atoms with Crippen molar-refractivity contribution in [1.29, 1.82) is 0 Å². The lowest BCUT2D eigenvalue weighted by Crippen LogP contribution is -1.89. The summed E-state index contributed by atoms with van der Waals surface area (Å²) in [6, 6.07) is 20.9. The Kier molecular flexibility index (Phi) is 6.95. The lowest BCUT2D eigenvalue weighted by atomic mass is 10.1. The number of nitro benzene ring substituents is 1. The van der Waals surface area contributed by atoms with Crippen LogP contribution in [0.4, 0.5) is 11.4 Å². The van der Waals surface area contributed by atoms with Gasteiger partial charge in [-0.25, -0.2) is 0 Å². The zero-order valence-corrected chi connectivity index (χ0v) is 17.1. The minimum atomic E-state index is -0.478. The maximum atomic E-state index is 10.5. The molecule has 0 saturated heterocycles. The zero-order valence-electron chi connectivity index (χ0n) is 15.6. The van der Waals surface area contributed by atoms with Crippen molar-refractivity contribution >= 4 is 34.6 Å². The standard InChI is InChI=1S/C11H7ClN2O2.C11H9ClN2/c12-10-7-8(14(15)16)4-5-9(10)11-3-1-2-6-13-11;12-10-7-8(13)4-5-9(10)11-3-1-2-6-14-11/h1-7H;1-7H,13H2. The average molecular weight is 439 g/mol. The molecule has 8 heteroatoms. The summed E-state index contributed by atoms with van der Waals surface area (Å²) in [7, 11) is 0. The molecular formula is C22H16Cl2N4O2. The number of hydrogen-bond donors (Lipinski definition) is 1. The van der Waals surface area contributed by atoms with Gasteiger partial charge in [0.25, 0.3) is 5.69 Å². The molecule has 150 valence electrons. The highest BCUT2D eigenvalue weighted by Crippen LogP contribution is 2.29. The Morgan fingerprint density at radius 3 is 1.73 bits per heavy atom. The number of nitrogens with zero attached hydrogens (tertiary/aromatic N) is 3. The monoisotopic (exact) mass is 438 g/mol. The van der Waals surface area contributed by atoms with E-state index in [2.05, 4.69) is 9.97 Å². The van der Waals surface area contributed by atoms with Gasteiger partial charge in [0.1, 0.15) is 0 Å². The third-order valence-corrected chi connectivity index (χ3v) is 4.66. The van der Waals surface area contributed by atoms with Crippen LogP contribution in [0.15, 0.2) is 85.2 Å². The van der Waals surface area contributed by atoms with Gasteiger partial charge in [-0.15, -0.1) is 0 Å². The molecule has 0 bridgehead atoms. The molecule has 2 N–H and O–H groups in total. The number of non-ortho nitro benzene ring substituents is 1. The predicted molar refractivity (Wildman–Crippen MR) is 120 cm³/mol. The fourth-order valence-electron chi connectivity index (χ4n) is 2.61. The first-order valence-electron chi connectivity index (χ1n) is 8.77. The number of benzene rings is 2. The summed E-state index contributed by atoms with van der Waals surface area (Å²) < 4.78 is 0. The Morgan fingerprint density at radius 1 is 0.767 bits per heavy atom. The second-order valence-corrected chi connectivity index (χ2v) is 6.90. The molecule has 2 aromatic carbocycles. The molecule has 30 heavy (non-hydrogen) atoms. The van der Waals surface area contributed by atoms with E-state index < -0.39 is 4.92 Å². The molecule has 0 unspecified atom stereocenters. The van der Waals surface area contributed by atoms with Crippen LogP contribution in [0.3, 0.4) is 0 Å². The van der Waals surface area contributed by atoms with Crippen LogP contribution in [-0.2, 0) is 0 Å². The fraction of sp³-hybridized carbons (Fsp3) is 0. The first-order valence-corrected chi connectivity index (χ1v) is 9.53. The van der Waals surface area contributed by atoms with E-state index in [0.29, 0.717) is 27.0 Å². The molecule has 4 rings (SSSR count). The largest absolute Gasteiger partial charge is 0.399 e. The molecular weight excluding hydrogens is 423 g/mol. The highest BCUT2D eigenvalue weighted by Gasteiger charge is 2.10. The van der Waals surface area contributed by atoms with Crippen LogP contribution in [0.2, 0.25) is 10.0 Å². The van der Waals surface area contributed by atoms with Gasteiger partial charge in [-0.2, -0.15) is 0 Å². The van der Waals surface area contributed by atoms with E-state index in [-0.39, 0.29) is 5.69 Å². The number of halogens is 2. The van der Waals surface area contributed by atoms with Crippen molar-refractivity contribution in [3.63, 3.8) is 0 Å². The first-order chi connectivity index (χ1) is 14.5. The Labute approximate surface area is 183 Å². The van der Waals surface area contributed by atoms with Gasteiger partial charge in [0, 0.05) is 41.3 Å². The summed E-state index contributed by atoms with van der Waals surface area (Å²) in [6.07, 6.45) is 3.38. The van der Waals surface area contributed by atoms with Crippen LogP contribution in [0.1, 0.15) is 0 Å². The molecule has 2 aromatic heterocycles. The predicted octanol–water partition coefficient (Wildman–Crippen LogP) is 6.29. The van der Waals surface area contributed by atoms with Crippen LogP contribution in [0.25, 0.3) is 22.5 Å². The number of rotatable bonds is 3. The number of nitrogens with two attached hydrogens (primary N) is 1. The van der Waals surface area contributed by atoms with Gasteiger partial charge in [0.15, 0.2) is 0 Å². The number of pyridine rings is 2. The summed E-state index contributed by atoms with van der Waals surface area (Å²) >= 11 is 12.0. The minimum Gasteiger partial charge on any atom is -0.399 e. The second kappa shape index (κ2) is 9.82. The maximum absolute atomic E-state index is 10.5. The van der Waals surface area contributed by atoms with Crippen LogP contribution >= 0.6 is 23.2 Å². The van der Waals surface area contributed by atoms with Crippen LogP contribution in [0, 0.1) is 10.1 Å². The molecule has 2 heterocycles. The van der Waals surface area contributed by atoms with E-state index in [1.54, 1.807) is 36.7 Å². The Morgan fingerprint density at radius 2 is 1.30 bits per heavy atom. The quantitative estimate of drug-likeness (QED) is 0.230. The molecule has 0 saturated carbocycles.